The first-order chi connectivity index (χ1) is 6.24. The molecule has 70 valence electrons. The van der Waals surface area contributed by atoms with Crippen molar-refractivity contribution in [2.24, 2.45) is 17.3 Å². The molecule has 3 unspecified atom stereocenters. The molecule has 1 saturated carbocycles. The van der Waals surface area contributed by atoms with Crippen molar-refractivity contribution in [3.8, 4) is 11.8 Å². The molecule has 0 spiro atoms. The zero-order chi connectivity index (χ0) is 9.31. The smallest absolute Gasteiger partial charge is 0.104 e. The summed E-state index contributed by atoms with van der Waals surface area (Å²) in [6, 6.07) is 0. The number of aliphatic hydroxyl groups is 1. The van der Waals surface area contributed by atoms with E-state index in [4.69, 9.17) is 5.11 Å². The molecule has 1 nitrogen and oxygen atoms in total. The van der Waals surface area contributed by atoms with Crippen LogP contribution in [-0.4, -0.2) is 11.7 Å². The lowest BCUT2D eigenvalue weighted by atomic mass is 9.75. The maximum absolute atomic E-state index is 8.57. The van der Waals surface area contributed by atoms with E-state index >= 15 is 0 Å². The van der Waals surface area contributed by atoms with Gasteiger partial charge in [0.05, 0.1) is 0 Å². The summed E-state index contributed by atoms with van der Waals surface area (Å²) < 4.78 is 0. The Labute approximate surface area is 79.8 Å². The topological polar surface area (TPSA) is 20.2 Å². The fourth-order valence-corrected chi connectivity index (χ4v) is 2.72. The second-order valence-corrected chi connectivity index (χ2v) is 4.53. The van der Waals surface area contributed by atoms with Crippen molar-refractivity contribution >= 4 is 0 Å². The maximum atomic E-state index is 8.57. The lowest BCUT2D eigenvalue weighted by Gasteiger charge is -2.29. The molecule has 0 heterocycles. The van der Waals surface area contributed by atoms with Gasteiger partial charge in [-0.15, -0.1) is 5.92 Å². The highest BCUT2D eigenvalue weighted by atomic mass is 16.2. The summed E-state index contributed by atoms with van der Waals surface area (Å²) in [5.41, 5.74) is 0.390. The van der Waals surface area contributed by atoms with Gasteiger partial charge in [0.2, 0.25) is 0 Å². The van der Waals surface area contributed by atoms with Crippen LogP contribution in [0.25, 0.3) is 0 Å². The Hall–Kier alpha value is -0.740. The second kappa shape index (κ2) is 3.20. The minimum atomic E-state index is 0.0000144. The summed E-state index contributed by atoms with van der Waals surface area (Å²) in [5, 5.41) is 8.57. The van der Waals surface area contributed by atoms with E-state index in [0.29, 0.717) is 5.41 Å². The molecular weight excluding hydrogens is 160 g/mol. The van der Waals surface area contributed by atoms with Gasteiger partial charge in [-0.25, -0.2) is 0 Å². The van der Waals surface area contributed by atoms with Crippen LogP contribution in [0, 0.1) is 29.1 Å². The van der Waals surface area contributed by atoms with Crippen molar-refractivity contribution in [1.82, 2.24) is 0 Å². The molecule has 2 aliphatic rings. The number of hydrogen-bond acceptors (Lipinski definition) is 1. The van der Waals surface area contributed by atoms with Crippen molar-refractivity contribution in [1.29, 1.82) is 0 Å². The number of rotatable bonds is 1. The summed E-state index contributed by atoms with van der Waals surface area (Å²) in [5.74, 6) is 7.36. The van der Waals surface area contributed by atoms with E-state index in [-0.39, 0.29) is 6.61 Å². The molecule has 0 aromatic heterocycles. The average Bonchev–Trinajstić information content (AvgIpc) is 2.64. The average molecular weight is 176 g/mol. The van der Waals surface area contributed by atoms with E-state index in [1.165, 1.54) is 12.8 Å². The second-order valence-electron chi connectivity index (χ2n) is 4.53. The first kappa shape index (κ1) is 8.84. The molecule has 2 bridgehead atoms. The summed E-state index contributed by atoms with van der Waals surface area (Å²) in [6.07, 6.45) is 8.27. The Morgan fingerprint density at radius 1 is 1.46 bits per heavy atom. The van der Waals surface area contributed by atoms with E-state index < -0.39 is 0 Å². The monoisotopic (exact) mass is 176 g/mol. The van der Waals surface area contributed by atoms with Crippen LogP contribution in [0.4, 0.5) is 0 Å². The van der Waals surface area contributed by atoms with E-state index in [1.807, 2.05) is 0 Å². The van der Waals surface area contributed by atoms with Gasteiger partial charge in [-0.05, 0) is 30.1 Å². The predicted molar refractivity (Wildman–Crippen MR) is 52.9 cm³/mol. The maximum Gasteiger partial charge on any atom is 0.104 e. The summed E-state index contributed by atoms with van der Waals surface area (Å²) in [7, 11) is 0. The fraction of sp³-hybridized carbons (Fsp3) is 0.667. The molecule has 0 radical (unpaired) electrons. The SMILES string of the molecule is CC1(CC#CCO)CC2C=CC1C2. The molecule has 0 amide bonds. The third-order valence-electron chi connectivity index (χ3n) is 3.49. The van der Waals surface area contributed by atoms with E-state index in [1.54, 1.807) is 0 Å². The minimum absolute atomic E-state index is 0.0000144. The van der Waals surface area contributed by atoms with Crippen LogP contribution in [0.5, 0.6) is 0 Å². The van der Waals surface area contributed by atoms with Crippen LogP contribution in [0.3, 0.4) is 0 Å². The van der Waals surface area contributed by atoms with Crippen molar-refractivity contribution in [3.05, 3.63) is 12.2 Å². The minimum Gasteiger partial charge on any atom is -0.384 e. The van der Waals surface area contributed by atoms with Crippen molar-refractivity contribution in [2.75, 3.05) is 6.61 Å². The van der Waals surface area contributed by atoms with Crippen LogP contribution in [0.15, 0.2) is 12.2 Å². The van der Waals surface area contributed by atoms with Gasteiger partial charge in [0.25, 0.3) is 0 Å². The molecule has 0 saturated heterocycles. The van der Waals surface area contributed by atoms with Gasteiger partial charge in [0.15, 0.2) is 0 Å². The third kappa shape index (κ3) is 1.51. The Morgan fingerprint density at radius 2 is 2.31 bits per heavy atom. The van der Waals surface area contributed by atoms with E-state index in [9.17, 15) is 0 Å². The van der Waals surface area contributed by atoms with Gasteiger partial charge in [-0.1, -0.05) is 25.0 Å². The van der Waals surface area contributed by atoms with Crippen LogP contribution in [0.1, 0.15) is 26.2 Å². The summed E-state index contributed by atoms with van der Waals surface area (Å²) in [4.78, 5) is 0. The molecule has 3 atom stereocenters. The molecular formula is C12H16O. The molecule has 2 rings (SSSR count). The van der Waals surface area contributed by atoms with Crippen molar-refractivity contribution < 1.29 is 5.11 Å². The Bertz CT molecular complexity index is 281. The normalized spacial score (nSPS) is 40.5. The predicted octanol–water partition coefficient (Wildman–Crippen LogP) is 1.97. The van der Waals surface area contributed by atoms with Crippen LogP contribution >= 0.6 is 0 Å². The van der Waals surface area contributed by atoms with Crippen molar-refractivity contribution in [2.45, 2.75) is 26.2 Å². The first-order valence-electron chi connectivity index (χ1n) is 4.99. The molecule has 1 heteroatoms. The van der Waals surface area contributed by atoms with Gasteiger partial charge in [-0.3, -0.25) is 0 Å². The molecule has 1 fully saturated rings. The van der Waals surface area contributed by atoms with Gasteiger partial charge >= 0.3 is 0 Å². The third-order valence-corrected chi connectivity index (χ3v) is 3.49. The Kier molecular flexibility index (Phi) is 2.17. The molecule has 2 aliphatic carbocycles. The molecule has 1 N–H and O–H groups in total. The summed E-state index contributed by atoms with van der Waals surface area (Å²) >= 11 is 0. The standard InChI is InChI=1S/C12H16O/c1-12(6-2-3-7-13)9-10-4-5-11(12)8-10/h4-5,10-11,13H,6-9H2,1H3. The molecule has 0 aromatic carbocycles. The van der Waals surface area contributed by atoms with Crippen LogP contribution < -0.4 is 0 Å². The lowest BCUT2D eigenvalue weighted by molar-refractivity contribution is 0.270. The quantitative estimate of drug-likeness (QED) is 0.478. The fourth-order valence-electron chi connectivity index (χ4n) is 2.72. The first-order valence-corrected chi connectivity index (χ1v) is 4.99. The highest BCUT2D eigenvalue weighted by molar-refractivity contribution is 5.17. The van der Waals surface area contributed by atoms with Gasteiger partial charge in [0.1, 0.15) is 6.61 Å². The molecule has 0 aromatic rings. The zero-order valence-corrected chi connectivity index (χ0v) is 8.09. The highest BCUT2D eigenvalue weighted by Gasteiger charge is 2.44. The number of allylic oxidation sites excluding steroid dienone is 2. The van der Waals surface area contributed by atoms with Crippen LogP contribution in [-0.2, 0) is 0 Å². The number of aliphatic hydroxyl groups excluding tert-OH is 1. The van der Waals surface area contributed by atoms with Gasteiger partial charge in [-0.2, -0.15) is 0 Å². The Morgan fingerprint density at radius 3 is 2.85 bits per heavy atom. The largest absolute Gasteiger partial charge is 0.384 e. The number of hydrogen-bond donors (Lipinski definition) is 1. The summed E-state index contributed by atoms with van der Waals surface area (Å²) in [6.45, 7) is 2.33. The molecule has 0 aliphatic heterocycles. The lowest BCUT2D eigenvalue weighted by Crippen LogP contribution is -2.20. The van der Waals surface area contributed by atoms with Crippen LogP contribution in [0.2, 0.25) is 0 Å². The molecule has 13 heavy (non-hydrogen) atoms. The highest BCUT2D eigenvalue weighted by Crippen LogP contribution is 2.53. The van der Waals surface area contributed by atoms with Gasteiger partial charge < -0.3 is 5.11 Å². The van der Waals surface area contributed by atoms with E-state index in [0.717, 1.165) is 18.3 Å². The zero-order valence-electron chi connectivity index (χ0n) is 8.09. The van der Waals surface area contributed by atoms with E-state index in [2.05, 4.69) is 30.9 Å². The van der Waals surface area contributed by atoms with Crippen molar-refractivity contribution in [3.63, 3.8) is 0 Å². The number of fused-ring (bicyclic) bond motifs is 2. The van der Waals surface area contributed by atoms with Gasteiger partial charge in [0, 0.05) is 6.42 Å². The Balaban J connectivity index is 2.02.